The molecule has 1 aromatic heterocycles. The van der Waals surface area contributed by atoms with Gasteiger partial charge in [-0.2, -0.15) is 0 Å². The van der Waals surface area contributed by atoms with Gasteiger partial charge in [-0.05, 0) is 22.9 Å². The van der Waals surface area contributed by atoms with Gasteiger partial charge in [0.2, 0.25) is 0 Å². The summed E-state index contributed by atoms with van der Waals surface area (Å²) in [5, 5.41) is 0. The number of pyridine rings is 1. The van der Waals surface area contributed by atoms with Gasteiger partial charge in [0.15, 0.2) is 0 Å². The van der Waals surface area contributed by atoms with Crippen LogP contribution in [0.2, 0.25) is 0 Å². The van der Waals surface area contributed by atoms with Crippen molar-refractivity contribution >= 4 is 21.7 Å². The highest BCUT2D eigenvalue weighted by atomic mass is 79.9. The van der Waals surface area contributed by atoms with E-state index in [-0.39, 0.29) is 0 Å². The third-order valence-electron chi connectivity index (χ3n) is 2.04. The first-order chi connectivity index (χ1) is 5.70. The molecule has 0 aliphatic carbocycles. The summed E-state index contributed by atoms with van der Waals surface area (Å²) in [6.45, 7) is 3.16. The summed E-state index contributed by atoms with van der Waals surface area (Å²) in [6.07, 6.45) is 0. The fourth-order valence-corrected chi connectivity index (χ4v) is 1.81. The molecule has 64 valence electrons. The maximum atomic E-state index is 5.73. The van der Waals surface area contributed by atoms with Gasteiger partial charge in [0, 0.05) is 15.6 Å². The van der Waals surface area contributed by atoms with Gasteiger partial charge < -0.3 is 10.5 Å². The maximum absolute atomic E-state index is 5.73. The minimum atomic E-state index is 0.590. The lowest BCUT2D eigenvalue weighted by Gasteiger charge is -2.05. The van der Waals surface area contributed by atoms with E-state index in [4.69, 9.17) is 10.5 Å². The van der Waals surface area contributed by atoms with E-state index in [0.29, 0.717) is 19.0 Å². The maximum Gasteiger partial charge on any atom is 0.129 e. The normalized spacial score (nSPS) is 14.8. The van der Waals surface area contributed by atoms with Crippen molar-refractivity contribution in [3.63, 3.8) is 0 Å². The zero-order chi connectivity index (χ0) is 8.72. The fourth-order valence-electron chi connectivity index (χ4n) is 1.37. The molecule has 0 saturated heterocycles. The molecule has 1 aliphatic rings. The van der Waals surface area contributed by atoms with E-state index in [1.54, 1.807) is 0 Å². The van der Waals surface area contributed by atoms with Crippen LogP contribution in [0.4, 0.5) is 5.82 Å². The zero-order valence-electron chi connectivity index (χ0n) is 6.72. The molecule has 2 N–H and O–H groups in total. The van der Waals surface area contributed by atoms with Gasteiger partial charge in [0.1, 0.15) is 5.82 Å². The monoisotopic (exact) mass is 228 g/mol. The number of hydrogen-bond donors (Lipinski definition) is 1. The lowest BCUT2D eigenvalue weighted by atomic mass is 10.1. The van der Waals surface area contributed by atoms with Crippen LogP contribution in [-0.2, 0) is 18.0 Å². The van der Waals surface area contributed by atoms with E-state index < -0.39 is 0 Å². The number of fused-ring (bicyclic) bond motifs is 1. The Hall–Kier alpha value is -0.610. The lowest BCUT2D eigenvalue weighted by molar-refractivity contribution is 0.134. The molecule has 12 heavy (non-hydrogen) atoms. The number of nitrogens with zero attached hydrogens (tertiary/aromatic N) is 1. The van der Waals surface area contributed by atoms with E-state index in [0.717, 1.165) is 21.3 Å². The van der Waals surface area contributed by atoms with Gasteiger partial charge in [-0.15, -0.1) is 0 Å². The van der Waals surface area contributed by atoms with Crippen molar-refractivity contribution in [2.24, 2.45) is 0 Å². The quantitative estimate of drug-likeness (QED) is 0.737. The summed E-state index contributed by atoms with van der Waals surface area (Å²) in [4.78, 5) is 4.20. The van der Waals surface area contributed by atoms with Crippen LogP contribution in [-0.4, -0.2) is 4.98 Å². The predicted octanol–water partition coefficient (Wildman–Crippen LogP) is 1.76. The Balaban J connectivity index is 2.69. The Bertz CT molecular complexity index is 338. The molecular weight excluding hydrogens is 220 g/mol. The zero-order valence-corrected chi connectivity index (χ0v) is 8.31. The van der Waals surface area contributed by atoms with Gasteiger partial charge >= 0.3 is 0 Å². The number of anilines is 1. The first-order valence-corrected chi connectivity index (χ1v) is 4.50. The summed E-state index contributed by atoms with van der Waals surface area (Å²) in [5.74, 6) is 0.600. The molecule has 0 aromatic carbocycles. The second-order valence-corrected chi connectivity index (χ2v) is 3.64. The highest BCUT2D eigenvalue weighted by molar-refractivity contribution is 9.10. The molecule has 2 rings (SSSR count). The van der Waals surface area contributed by atoms with Gasteiger partial charge in [-0.3, -0.25) is 0 Å². The molecule has 0 radical (unpaired) electrons. The second kappa shape index (κ2) is 2.71. The second-order valence-electron chi connectivity index (χ2n) is 2.85. The smallest absolute Gasteiger partial charge is 0.129 e. The van der Waals surface area contributed by atoms with E-state index in [9.17, 15) is 0 Å². The van der Waals surface area contributed by atoms with Crippen molar-refractivity contribution in [3.8, 4) is 0 Å². The van der Waals surface area contributed by atoms with Crippen LogP contribution in [0.15, 0.2) is 4.47 Å². The van der Waals surface area contributed by atoms with E-state index in [2.05, 4.69) is 20.9 Å². The van der Waals surface area contributed by atoms with Crippen molar-refractivity contribution in [2.45, 2.75) is 20.1 Å². The molecule has 4 heteroatoms. The minimum Gasteiger partial charge on any atom is -0.383 e. The number of halogens is 1. The van der Waals surface area contributed by atoms with Crippen LogP contribution >= 0.6 is 15.9 Å². The molecule has 0 fully saturated rings. The summed E-state index contributed by atoms with van der Waals surface area (Å²) in [5.41, 5.74) is 8.84. The molecular formula is C8H9BrN2O. The average molecular weight is 229 g/mol. The van der Waals surface area contributed by atoms with Crippen molar-refractivity contribution in [2.75, 3.05) is 5.73 Å². The van der Waals surface area contributed by atoms with Crippen LogP contribution < -0.4 is 5.73 Å². The van der Waals surface area contributed by atoms with Crippen molar-refractivity contribution in [1.82, 2.24) is 4.98 Å². The van der Waals surface area contributed by atoms with Crippen LogP contribution in [0.3, 0.4) is 0 Å². The summed E-state index contributed by atoms with van der Waals surface area (Å²) < 4.78 is 6.31. The molecule has 0 saturated carbocycles. The number of nitrogens with two attached hydrogens (primary N) is 1. The van der Waals surface area contributed by atoms with E-state index in [1.807, 2.05) is 6.92 Å². The SMILES string of the molecule is Cc1nc(N)c2c(c1Br)COC2. The Morgan fingerprint density at radius 3 is 2.83 bits per heavy atom. The summed E-state index contributed by atoms with van der Waals surface area (Å²) in [6, 6.07) is 0. The standard InChI is InChI=1S/C8H9BrN2O/c1-4-7(9)5-2-12-3-6(5)8(10)11-4/h2-3H2,1H3,(H2,10,11). The Morgan fingerprint density at radius 1 is 1.42 bits per heavy atom. The van der Waals surface area contributed by atoms with Crippen molar-refractivity contribution in [3.05, 3.63) is 21.3 Å². The summed E-state index contributed by atoms with van der Waals surface area (Å²) in [7, 11) is 0. The topological polar surface area (TPSA) is 48.1 Å². The van der Waals surface area contributed by atoms with Gasteiger partial charge in [-0.1, -0.05) is 0 Å². The fraction of sp³-hybridized carbons (Fsp3) is 0.375. The van der Waals surface area contributed by atoms with Crippen LogP contribution in [0.25, 0.3) is 0 Å². The third kappa shape index (κ3) is 1.03. The molecule has 0 atom stereocenters. The Labute approximate surface area is 79.1 Å². The van der Waals surface area contributed by atoms with Crippen molar-refractivity contribution in [1.29, 1.82) is 0 Å². The highest BCUT2D eigenvalue weighted by Gasteiger charge is 2.19. The number of rotatable bonds is 0. The van der Waals surface area contributed by atoms with Crippen molar-refractivity contribution < 1.29 is 4.74 Å². The van der Waals surface area contributed by atoms with E-state index >= 15 is 0 Å². The average Bonchev–Trinajstić information content (AvgIpc) is 2.48. The van der Waals surface area contributed by atoms with Gasteiger partial charge in [0.25, 0.3) is 0 Å². The largest absolute Gasteiger partial charge is 0.383 e. The van der Waals surface area contributed by atoms with E-state index in [1.165, 1.54) is 0 Å². The lowest BCUT2D eigenvalue weighted by Crippen LogP contribution is -2.00. The minimum absolute atomic E-state index is 0.590. The third-order valence-corrected chi connectivity index (χ3v) is 3.09. The molecule has 0 amide bonds. The molecule has 0 spiro atoms. The number of nitrogen functional groups attached to an aromatic ring is 1. The first-order valence-electron chi connectivity index (χ1n) is 3.71. The molecule has 0 bridgehead atoms. The molecule has 1 aromatic rings. The first kappa shape index (κ1) is 8.01. The summed E-state index contributed by atoms with van der Waals surface area (Å²) >= 11 is 3.47. The van der Waals surface area contributed by atoms with Crippen LogP contribution in [0.1, 0.15) is 16.8 Å². The Kier molecular flexibility index (Phi) is 1.81. The molecule has 1 aliphatic heterocycles. The molecule has 2 heterocycles. The Morgan fingerprint density at radius 2 is 2.08 bits per heavy atom. The van der Waals surface area contributed by atoms with Crippen LogP contribution in [0.5, 0.6) is 0 Å². The number of hydrogen-bond acceptors (Lipinski definition) is 3. The predicted molar refractivity (Wildman–Crippen MR) is 49.6 cm³/mol. The van der Waals surface area contributed by atoms with Gasteiger partial charge in [0.05, 0.1) is 18.9 Å². The molecule has 0 unspecified atom stereocenters. The highest BCUT2D eigenvalue weighted by Crippen LogP contribution is 2.32. The molecule has 3 nitrogen and oxygen atoms in total. The number of aromatic nitrogens is 1. The number of ether oxygens (including phenoxy) is 1. The van der Waals surface area contributed by atoms with Crippen LogP contribution in [0, 0.1) is 6.92 Å². The van der Waals surface area contributed by atoms with Gasteiger partial charge in [-0.25, -0.2) is 4.98 Å². The number of aryl methyl sites for hydroxylation is 1.